The lowest BCUT2D eigenvalue weighted by Gasteiger charge is -2.11. The third-order valence-corrected chi connectivity index (χ3v) is 2.38. The van der Waals surface area contributed by atoms with E-state index in [-0.39, 0.29) is 12.4 Å². The fraction of sp³-hybridized carbons (Fsp3) is 0.538. The van der Waals surface area contributed by atoms with E-state index in [1.165, 1.54) is 6.07 Å². The highest BCUT2D eigenvalue weighted by Crippen LogP contribution is 2.19. The van der Waals surface area contributed by atoms with Crippen molar-refractivity contribution in [3.63, 3.8) is 0 Å². The van der Waals surface area contributed by atoms with E-state index in [1.807, 2.05) is 0 Å². The number of nitrogens with one attached hydrogen (secondary N) is 1. The van der Waals surface area contributed by atoms with Crippen LogP contribution in [-0.2, 0) is 11.3 Å². The maximum atomic E-state index is 12.2. The maximum Gasteiger partial charge on any atom is 0.387 e. The average molecular weight is 275 g/mol. The molecule has 0 aliphatic carbocycles. The Labute approximate surface area is 111 Å². The molecule has 6 heteroatoms. The predicted octanol–water partition coefficient (Wildman–Crippen LogP) is 1.78. The van der Waals surface area contributed by atoms with Crippen LogP contribution in [0.3, 0.4) is 0 Å². The van der Waals surface area contributed by atoms with Crippen LogP contribution in [0, 0.1) is 0 Å². The summed E-state index contributed by atoms with van der Waals surface area (Å²) >= 11 is 0. The Bertz CT molecular complexity index is 350. The van der Waals surface area contributed by atoms with Gasteiger partial charge in [-0.25, -0.2) is 0 Å². The third kappa shape index (κ3) is 7.05. The molecule has 0 radical (unpaired) electrons. The van der Waals surface area contributed by atoms with Gasteiger partial charge in [0, 0.05) is 18.7 Å². The van der Waals surface area contributed by atoms with E-state index in [1.54, 1.807) is 18.2 Å². The minimum Gasteiger partial charge on any atom is -0.434 e. The van der Waals surface area contributed by atoms with Crippen molar-refractivity contribution in [2.24, 2.45) is 0 Å². The second-order valence-electron chi connectivity index (χ2n) is 3.85. The quantitative estimate of drug-likeness (QED) is 0.639. The van der Waals surface area contributed by atoms with Gasteiger partial charge in [-0.1, -0.05) is 18.2 Å². The Morgan fingerprint density at radius 1 is 1.21 bits per heavy atom. The fourth-order valence-electron chi connectivity index (χ4n) is 1.55. The van der Waals surface area contributed by atoms with Crippen molar-refractivity contribution in [3.8, 4) is 5.75 Å². The Morgan fingerprint density at radius 2 is 2.00 bits per heavy atom. The predicted molar refractivity (Wildman–Crippen MR) is 67.3 cm³/mol. The molecule has 0 aliphatic heterocycles. The molecule has 108 valence electrons. The number of para-hydroxylation sites is 1. The summed E-state index contributed by atoms with van der Waals surface area (Å²) in [7, 11) is 0. The third-order valence-electron chi connectivity index (χ3n) is 2.38. The van der Waals surface area contributed by atoms with E-state index >= 15 is 0 Å². The minimum atomic E-state index is -2.81. The van der Waals surface area contributed by atoms with Crippen LogP contribution in [0.15, 0.2) is 24.3 Å². The van der Waals surface area contributed by atoms with Crippen molar-refractivity contribution in [3.05, 3.63) is 29.8 Å². The normalized spacial score (nSPS) is 10.9. The van der Waals surface area contributed by atoms with Gasteiger partial charge >= 0.3 is 6.61 Å². The van der Waals surface area contributed by atoms with Crippen LogP contribution in [0.2, 0.25) is 0 Å². The van der Waals surface area contributed by atoms with E-state index < -0.39 is 6.61 Å². The zero-order valence-electron chi connectivity index (χ0n) is 10.6. The molecule has 0 fully saturated rings. The molecule has 0 spiro atoms. The number of alkyl halides is 2. The summed E-state index contributed by atoms with van der Waals surface area (Å²) in [5.74, 6) is 0.196. The monoisotopic (exact) mass is 275 g/mol. The highest BCUT2D eigenvalue weighted by Gasteiger charge is 2.08. The molecular weight excluding hydrogens is 256 g/mol. The first-order valence-corrected chi connectivity index (χ1v) is 6.16. The van der Waals surface area contributed by atoms with Crippen LogP contribution < -0.4 is 10.1 Å². The molecule has 1 aromatic rings. The molecule has 0 amide bonds. The number of hydrogen-bond donors (Lipinski definition) is 2. The van der Waals surface area contributed by atoms with E-state index in [0.717, 1.165) is 6.42 Å². The van der Waals surface area contributed by atoms with Crippen LogP contribution in [-0.4, -0.2) is 38.1 Å². The zero-order chi connectivity index (χ0) is 13.9. The molecule has 1 rings (SSSR count). The first kappa shape index (κ1) is 15.8. The van der Waals surface area contributed by atoms with Crippen LogP contribution in [0.4, 0.5) is 8.78 Å². The molecule has 0 aliphatic rings. The van der Waals surface area contributed by atoms with Gasteiger partial charge in [0.2, 0.25) is 0 Å². The first-order valence-electron chi connectivity index (χ1n) is 6.16. The van der Waals surface area contributed by atoms with Gasteiger partial charge in [0.15, 0.2) is 0 Å². The molecular formula is C13H19F2NO3. The molecule has 0 atom stereocenters. The van der Waals surface area contributed by atoms with Gasteiger partial charge < -0.3 is 19.9 Å². The van der Waals surface area contributed by atoms with Gasteiger partial charge in [-0.05, 0) is 19.0 Å². The van der Waals surface area contributed by atoms with Crippen molar-refractivity contribution in [2.75, 3.05) is 26.4 Å². The van der Waals surface area contributed by atoms with E-state index in [2.05, 4.69) is 10.1 Å². The number of hydrogen-bond acceptors (Lipinski definition) is 4. The summed E-state index contributed by atoms with van der Waals surface area (Å²) in [6.07, 6.45) is 0.790. The standard InChI is InChI=1S/C13H19F2NO3/c14-13(15)19-12-5-2-1-4-11(12)10-16-6-3-8-18-9-7-17/h1-2,4-5,13,16-17H,3,6-10H2. The topological polar surface area (TPSA) is 50.7 Å². The number of halogens is 2. The number of rotatable bonds is 10. The fourth-order valence-corrected chi connectivity index (χ4v) is 1.55. The van der Waals surface area contributed by atoms with Crippen LogP contribution in [0.25, 0.3) is 0 Å². The second kappa shape index (κ2) is 9.66. The largest absolute Gasteiger partial charge is 0.434 e. The highest BCUT2D eigenvalue weighted by molar-refractivity contribution is 5.33. The zero-order valence-corrected chi connectivity index (χ0v) is 10.6. The van der Waals surface area contributed by atoms with E-state index in [0.29, 0.717) is 31.9 Å². The summed E-state index contributed by atoms with van der Waals surface area (Å²) in [4.78, 5) is 0. The molecule has 2 N–H and O–H groups in total. The Kier molecular flexibility index (Phi) is 8.04. The summed E-state index contributed by atoms with van der Waals surface area (Å²) in [5.41, 5.74) is 0.694. The summed E-state index contributed by atoms with van der Waals surface area (Å²) in [6.45, 7) is -0.732. The molecule has 0 unspecified atom stereocenters. The van der Waals surface area contributed by atoms with E-state index in [9.17, 15) is 8.78 Å². The lowest BCUT2D eigenvalue weighted by molar-refractivity contribution is -0.0504. The molecule has 19 heavy (non-hydrogen) atoms. The van der Waals surface area contributed by atoms with Gasteiger partial charge in [0.25, 0.3) is 0 Å². The van der Waals surface area contributed by atoms with Crippen molar-refractivity contribution < 1.29 is 23.4 Å². The summed E-state index contributed by atoms with van der Waals surface area (Å²) < 4.78 is 33.9. The molecule has 0 saturated heterocycles. The van der Waals surface area contributed by atoms with Gasteiger partial charge in [-0.2, -0.15) is 8.78 Å². The first-order chi connectivity index (χ1) is 9.24. The molecule has 0 heterocycles. The van der Waals surface area contributed by atoms with Gasteiger partial charge in [-0.15, -0.1) is 0 Å². The molecule has 0 saturated carbocycles. The lowest BCUT2D eigenvalue weighted by atomic mass is 10.2. The van der Waals surface area contributed by atoms with Crippen molar-refractivity contribution in [2.45, 2.75) is 19.6 Å². The van der Waals surface area contributed by atoms with Crippen molar-refractivity contribution in [1.82, 2.24) is 5.32 Å². The van der Waals surface area contributed by atoms with Crippen LogP contribution in [0.5, 0.6) is 5.75 Å². The van der Waals surface area contributed by atoms with Crippen LogP contribution in [0.1, 0.15) is 12.0 Å². The lowest BCUT2D eigenvalue weighted by Crippen LogP contribution is -2.17. The molecule has 0 bridgehead atoms. The Morgan fingerprint density at radius 3 is 2.74 bits per heavy atom. The second-order valence-corrected chi connectivity index (χ2v) is 3.85. The Hall–Kier alpha value is -1.24. The number of aliphatic hydroxyl groups excluding tert-OH is 1. The number of ether oxygens (including phenoxy) is 2. The minimum absolute atomic E-state index is 0.0196. The molecule has 4 nitrogen and oxygen atoms in total. The molecule has 1 aromatic carbocycles. The Balaban J connectivity index is 2.25. The van der Waals surface area contributed by atoms with Gasteiger partial charge in [-0.3, -0.25) is 0 Å². The number of aliphatic hydroxyl groups is 1. The van der Waals surface area contributed by atoms with Crippen LogP contribution >= 0.6 is 0 Å². The van der Waals surface area contributed by atoms with Gasteiger partial charge in [0.1, 0.15) is 5.75 Å². The molecule has 0 aromatic heterocycles. The maximum absolute atomic E-state index is 12.2. The SMILES string of the molecule is OCCOCCCNCc1ccccc1OC(F)F. The van der Waals surface area contributed by atoms with E-state index in [4.69, 9.17) is 9.84 Å². The van der Waals surface area contributed by atoms with Crippen molar-refractivity contribution in [1.29, 1.82) is 0 Å². The summed E-state index contributed by atoms with van der Waals surface area (Å²) in [5, 5.41) is 11.6. The van der Waals surface area contributed by atoms with Crippen molar-refractivity contribution >= 4 is 0 Å². The average Bonchev–Trinajstić information content (AvgIpc) is 2.39. The summed E-state index contributed by atoms with van der Waals surface area (Å²) in [6, 6.07) is 6.70. The highest BCUT2D eigenvalue weighted by atomic mass is 19.3. The number of benzene rings is 1. The van der Waals surface area contributed by atoms with Gasteiger partial charge in [0.05, 0.1) is 13.2 Å². The smallest absolute Gasteiger partial charge is 0.387 e.